The molecule has 0 radical (unpaired) electrons. The Labute approximate surface area is 93.4 Å². The third-order valence-corrected chi connectivity index (χ3v) is 1.68. The summed E-state index contributed by atoms with van der Waals surface area (Å²) in [5.74, 6) is 0.0724. The molecule has 1 rings (SSSR count). The third kappa shape index (κ3) is 3.52. The van der Waals surface area contributed by atoms with E-state index in [1.807, 2.05) is 0 Å². The van der Waals surface area contributed by atoms with E-state index in [0.717, 1.165) is 0 Å². The molecule has 0 saturated carbocycles. The number of hydrogen-bond donors (Lipinski definition) is 3. The van der Waals surface area contributed by atoms with Gasteiger partial charge < -0.3 is 14.8 Å². The Balaban J connectivity index is 2.77. The molecule has 86 valence electrons. The SMILES string of the molecule is CC(C)OC(=O)Nc1ncccc1B(O)O. The van der Waals surface area contributed by atoms with Gasteiger partial charge in [0, 0.05) is 11.7 Å². The fourth-order valence-corrected chi connectivity index (χ4v) is 1.07. The first-order valence-corrected chi connectivity index (χ1v) is 4.79. The van der Waals surface area contributed by atoms with Gasteiger partial charge in [0.1, 0.15) is 5.82 Å². The first-order valence-electron chi connectivity index (χ1n) is 4.79. The van der Waals surface area contributed by atoms with Crippen molar-refractivity contribution < 1.29 is 19.6 Å². The fourth-order valence-electron chi connectivity index (χ4n) is 1.07. The maximum absolute atomic E-state index is 11.3. The Morgan fingerprint density at radius 1 is 1.56 bits per heavy atom. The molecule has 1 aromatic rings. The highest BCUT2D eigenvalue weighted by atomic mass is 16.6. The molecular weight excluding hydrogens is 211 g/mol. The second kappa shape index (κ2) is 5.48. The molecule has 0 atom stereocenters. The number of nitrogens with one attached hydrogen (secondary N) is 1. The highest BCUT2D eigenvalue weighted by Crippen LogP contribution is 2.01. The number of nitrogens with zero attached hydrogens (tertiary/aromatic N) is 1. The highest BCUT2D eigenvalue weighted by molar-refractivity contribution is 6.60. The van der Waals surface area contributed by atoms with Crippen molar-refractivity contribution >= 4 is 24.5 Å². The zero-order valence-corrected chi connectivity index (χ0v) is 9.04. The van der Waals surface area contributed by atoms with Crippen molar-refractivity contribution in [1.29, 1.82) is 0 Å². The van der Waals surface area contributed by atoms with E-state index < -0.39 is 13.2 Å². The van der Waals surface area contributed by atoms with Gasteiger partial charge in [-0.05, 0) is 19.9 Å². The molecule has 0 aliphatic heterocycles. The Hall–Kier alpha value is -1.60. The molecule has 0 spiro atoms. The maximum Gasteiger partial charge on any atom is 0.492 e. The number of carbonyl (C=O) groups is 1. The van der Waals surface area contributed by atoms with E-state index in [4.69, 9.17) is 14.8 Å². The van der Waals surface area contributed by atoms with Crippen molar-refractivity contribution in [2.75, 3.05) is 5.32 Å². The second-order valence-electron chi connectivity index (χ2n) is 3.39. The van der Waals surface area contributed by atoms with E-state index in [1.165, 1.54) is 18.3 Å². The molecule has 1 aromatic heterocycles. The van der Waals surface area contributed by atoms with E-state index >= 15 is 0 Å². The molecule has 3 N–H and O–H groups in total. The average Bonchev–Trinajstić information content (AvgIpc) is 2.16. The number of ether oxygens (including phenoxy) is 1. The van der Waals surface area contributed by atoms with E-state index in [9.17, 15) is 4.79 Å². The Kier molecular flexibility index (Phi) is 4.27. The predicted molar refractivity (Wildman–Crippen MR) is 59.3 cm³/mol. The quantitative estimate of drug-likeness (QED) is 0.614. The number of hydrogen-bond acceptors (Lipinski definition) is 5. The standard InChI is InChI=1S/C9H13BN2O4/c1-6(2)16-9(13)12-8-7(10(14)15)4-3-5-11-8/h3-6,14-15H,1-2H3,(H,11,12,13). The second-order valence-corrected chi connectivity index (χ2v) is 3.39. The minimum atomic E-state index is -1.69. The molecule has 0 unspecified atom stereocenters. The van der Waals surface area contributed by atoms with Crippen molar-refractivity contribution in [3.63, 3.8) is 0 Å². The Morgan fingerprint density at radius 2 is 2.25 bits per heavy atom. The number of carbonyl (C=O) groups excluding carboxylic acids is 1. The van der Waals surface area contributed by atoms with Crippen LogP contribution in [0.1, 0.15) is 13.8 Å². The summed E-state index contributed by atoms with van der Waals surface area (Å²) >= 11 is 0. The molecule has 0 saturated heterocycles. The lowest BCUT2D eigenvalue weighted by atomic mass is 9.80. The summed E-state index contributed by atoms with van der Waals surface area (Å²) in [6.07, 6.45) is 0.485. The van der Waals surface area contributed by atoms with Gasteiger partial charge in [-0.3, -0.25) is 5.32 Å². The predicted octanol–water partition coefficient (Wildman–Crippen LogP) is -0.282. The molecule has 7 heteroatoms. The smallest absolute Gasteiger partial charge is 0.447 e. The number of anilines is 1. The lowest BCUT2D eigenvalue weighted by Crippen LogP contribution is -2.34. The van der Waals surface area contributed by atoms with E-state index in [2.05, 4.69) is 10.3 Å². The van der Waals surface area contributed by atoms with E-state index in [0.29, 0.717) is 0 Å². The maximum atomic E-state index is 11.3. The summed E-state index contributed by atoms with van der Waals surface area (Å²) in [7, 11) is -1.69. The van der Waals surface area contributed by atoms with Gasteiger partial charge in [-0.2, -0.15) is 0 Å². The zero-order valence-electron chi connectivity index (χ0n) is 9.04. The van der Waals surface area contributed by atoms with Crippen molar-refractivity contribution in [2.45, 2.75) is 20.0 Å². The van der Waals surface area contributed by atoms with Crippen LogP contribution in [-0.4, -0.2) is 34.3 Å². The van der Waals surface area contributed by atoms with Gasteiger partial charge in [0.2, 0.25) is 0 Å². The minimum Gasteiger partial charge on any atom is -0.447 e. The third-order valence-electron chi connectivity index (χ3n) is 1.68. The van der Waals surface area contributed by atoms with Crippen LogP contribution in [0.3, 0.4) is 0 Å². The van der Waals surface area contributed by atoms with Crippen LogP contribution >= 0.6 is 0 Å². The molecule has 1 heterocycles. The lowest BCUT2D eigenvalue weighted by Gasteiger charge is -2.11. The van der Waals surface area contributed by atoms with Crippen LogP contribution in [0.4, 0.5) is 10.6 Å². The normalized spacial score (nSPS) is 10.1. The van der Waals surface area contributed by atoms with Gasteiger partial charge in [-0.25, -0.2) is 9.78 Å². The molecule has 0 aliphatic carbocycles. The highest BCUT2D eigenvalue weighted by Gasteiger charge is 2.18. The van der Waals surface area contributed by atoms with Gasteiger partial charge in [-0.15, -0.1) is 0 Å². The summed E-state index contributed by atoms with van der Waals surface area (Å²) in [5.41, 5.74) is 0.114. The lowest BCUT2D eigenvalue weighted by molar-refractivity contribution is 0.130. The molecule has 0 aromatic carbocycles. The number of pyridine rings is 1. The van der Waals surface area contributed by atoms with E-state index in [1.54, 1.807) is 13.8 Å². The van der Waals surface area contributed by atoms with Crippen LogP contribution in [0.2, 0.25) is 0 Å². The van der Waals surface area contributed by atoms with Crippen LogP contribution in [0, 0.1) is 0 Å². The monoisotopic (exact) mass is 224 g/mol. The topological polar surface area (TPSA) is 91.7 Å². The molecular formula is C9H13BN2O4. The summed E-state index contributed by atoms with van der Waals surface area (Å²) in [6, 6.07) is 2.98. The molecule has 0 fully saturated rings. The molecule has 6 nitrogen and oxygen atoms in total. The summed E-state index contributed by atoms with van der Waals surface area (Å²) in [6.45, 7) is 3.42. The van der Waals surface area contributed by atoms with Crippen LogP contribution in [-0.2, 0) is 4.74 Å². The van der Waals surface area contributed by atoms with Gasteiger partial charge >= 0.3 is 13.2 Å². The molecule has 0 bridgehead atoms. The van der Waals surface area contributed by atoms with Gasteiger partial charge in [0.05, 0.1) is 6.10 Å². The van der Waals surface area contributed by atoms with Crippen molar-refractivity contribution in [2.24, 2.45) is 0 Å². The summed E-state index contributed by atoms with van der Waals surface area (Å²) in [5, 5.41) is 20.4. The van der Waals surface area contributed by atoms with Gasteiger partial charge in [0.15, 0.2) is 0 Å². The van der Waals surface area contributed by atoms with Crippen LogP contribution in [0.5, 0.6) is 0 Å². The first-order chi connectivity index (χ1) is 7.50. The number of rotatable bonds is 3. The van der Waals surface area contributed by atoms with Crippen molar-refractivity contribution in [1.82, 2.24) is 4.98 Å². The van der Waals surface area contributed by atoms with Crippen LogP contribution in [0.15, 0.2) is 18.3 Å². The minimum absolute atomic E-state index is 0.0724. The number of amides is 1. The molecule has 16 heavy (non-hydrogen) atoms. The Morgan fingerprint density at radius 3 is 2.81 bits per heavy atom. The average molecular weight is 224 g/mol. The van der Waals surface area contributed by atoms with Gasteiger partial charge in [-0.1, -0.05) is 6.07 Å². The summed E-state index contributed by atoms with van der Waals surface area (Å²) in [4.78, 5) is 15.1. The number of aromatic nitrogens is 1. The van der Waals surface area contributed by atoms with Gasteiger partial charge in [0.25, 0.3) is 0 Å². The zero-order chi connectivity index (χ0) is 12.1. The summed E-state index contributed by atoms with van der Waals surface area (Å²) < 4.78 is 4.84. The fraction of sp³-hybridized carbons (Fsp3) is 0.333. The largest absolute Gasteiger partial charge is 0.492 e. The van der Waals surface area contributed by atoms with Crippen LogP contribution < -0.4 is 10.8 Å². The van der Waals surface area contributed by atoms with Crippen molar-refractivity contribution in [3.8, 4) is 0 Å². The Bertz CT molecular complexity index is 370. The molecule has 1 amide bonds. The van der Waals surface area contributed by atoms with Crippen LogP contribution in [0.25, 0.3) is 0 Å². The molecule has 0 aliphatic rings. The first kappa shape index (κ1) is 12.5. The van der Waals surface area contributed by atoms with E-state index in [-0.39, 0.29) is 17.4 Å². The van der Waals surface area contributed by atoms with Crippen molar-refractivity contribution in [3.05, 3.63) is 18.3 Å².